The molecule has 1 aromatic carbocycles. The van der Waals surface area contributed by atoms with E-state index in [0.717, 1.165) is 0 Å². The number of nitrogens with one attached hydrogen (secondary N) is 1. The van der Waals surface area contributed by atoms with Crippen LogP contribution in [0.25, 0.3) is 0 Å². The van der Waals surface area contributed by atoms with Crippen molar-refractivity contribution >= 4 is 27.5 Å². The molecule has 1 fully saturated rings. The number of amides is 2. The van der Waals surface area contributed by atoms with Crippen molar-refractivity contribution in [2.45, 2.75) is 43.9 Å². The van der Waals surface area contributed by atoms with Crippen molar-refractivity contribution in [3.63, 3.8) is 0 Å². The molecule has 0 spiro atoms. The molecule has 0 unspecified atom stereocenters. The van der Waals surface area contributed by atoms with E-state index >= 15 is 0 Å². The van der Waals surface area contributed by atoms with Crippen LogP contribution >= 0.6 is 0 Å². The predicted molar refractivity (Wildman–Crippen MR) is 120 cm³/mol. The predicted octanol–water partition coefficient (Wildman–Crippen LogP) is 2.03. The van der Waals surface area contributed by atoms with Crippen molar-refractivity contribution < 1.29 is 18.0 Å². The number of sulfonamides is 1. The molecule has 1 aliphatic heterocycles. The first-order chi connectivity index (χ1) is 15.1. The first-order valence-electron chi connectivity index (χ1n) is 10.5. The zero-order chi connectivity index (χ0) is 23.4. The minimum Gasteiger partial charge on any atom is -0.340 e. The van der Waals surface area contributed by atoms with Gasteiger partial charge in [0, 0.05) is 44.4 Å². The van der Waals surface area contributed by atoms with Crippen LogP contribution in [0.3, 0.4) is 0 Å². The van der Waals surface area contributed by atoms with Gasteiger partial charge in [-0.2, -0.15) is 4.31 Å². The molecule has 32 heavy (non-hydrogen) atoms. The van der Waals surface area contributed by atoms with E-state index in [0.29, 0.717) is 24.6 Å². The lowest BCUT2D eigenvalue weighted by atomic mass is 9.96. The third kappa shape index (κ3) is 5.89. The van der Waals surface area contributed by atoms with E-state index in [4.69, 9.17) is 0 Å². The van der Waals surface area contributed by atoms with Gasteiger partial charge in [-0.3, -0.25) is 9.59 Å². The first-order valence-corrected chi connectivity index (χ1v) is 12.0. The molecule has 2 amide bonds. The monoisotopic (exact) mass is 459 g/mol. The SMILES string of the molecule is CC(C)(C)c1ncc(NC(=O)CCC(=O)N2CCN(S(=O)(=O)c3ccccc3)CC2)cn1. The van der Waals surface area contributed by atoms with Crippen LogP contribution in [0.15, 0.2) is 47.6 Å². The summed E-state index contributed by atoms with van der Waals surface area (Å²) >= 11 is 0. The van der Waals surface area contributed by atoms with Crippen LogP contribution in [-0.2, 0) is 25.0 Å². The van der Waals surface area contributed by atoms with Crippen LogP contribution in [0, 0.1) is 0 Å². The number of rotatable bonds is 6. The number of hydrogen-bond donors (Lipinski definition) is 1. The van der Waals surface area contributed by atoms with Crippen molar-refractivity contribution in [3.8, 4) is 0 Å². The Kier molecular flexibility index (Phi) is 7.25. The minimum absolute atomic E-state index is 0.0301. The number of piperazine rings is 1. The topological polar surface area (TPSA) is 113 Å². The van der Waals surface area contributed by atoms with Gasteiger partial charge in [-0.15, -0.1) is 0 Å². The third-order valence-corrected chi connectivity index (χ3v) is 7.06. The van der Waals surface area contributed by atoms with Crippen LogP contribution in [0.5, 0.6) is 0 Å². The van der Waals surface area contributed by atoms with Gasteiger partial charge in [0.15, 0.2) is 0 Å². The first kappa shape index (κ1) is 23.8. The van der Waals surface area contributed by atoms with E-state index < -0.39 is 10.0 Å². The van der Waals surface area contributed by atoms with E-state index in [1.54, 1.807) is 47.6 Å². The maximum absolute atomic E-state index is 12.7. The Hall–Kier alpha value is -2.85. The fourth-order valence-corrected chi connectivity index (χ4v) is 4.74. The molecule has 0 radical (unpaired) electrons. The summed E-state index contributed by atoms with van der Waals surface area (Å²) in [5, 5.41) is 2.70. The summed E-state index contributed by atoms with van der Waals surface area (Å²) in [5.41, 5.74) is 0.301. The molecule has 9 nitrogen and oxygen atoms in total. The minimum atomic E-state index is -3.56. The van der Waals surface area contributed by atoms with E-state index in [1.165, 1.54) is 4.31 Å². The van der Waals surface area contributed by atoms with Crippen LogP contribution < -0.4 is 5.32 Å². The Morgan fingerprint density at radius 3 is 2.12 bits per heavy atom. The van der Waals surface area contributed by atoms with E-state index in [1.807, 2.05) is 20.8 Å². The van der Waals surface area contributed by atoms with Gasteiger partial charge >= 0.3 is 0 Å². The molecular formula is C22H29N5O4S. The summed E-state index contributed by atoms with van der Waals surface area (Å²) in [6.07, 6.45) is 3.19. The van der Waals surface area contributed by atoms with Crippen molar-refractivity contribution in [1.82, 2.24) is 19.2 Å². The third-order valence-electron chi connectivity index (χ3n) is 5.14. The fraction of sp³-hybridized carbons (Fsp3) is 0.455. The van der Waals surface area contributed by atoms with E-state index in [9.17, 15) is 18.0 Å². The number of hydrogen-bond acceptors (Lipinski definition) is 6. The van der Waals surface area contributed by atoms with Crippen molar-refractivity contribution in [2.24, 2.45) is 0 Å². The normalized spacial score (nSPS) is 15.4. The number of nitrogens with zero attached hydrogens (tertiary/aromatic N) is 4. The molecule has 0 aliphatic carbocycles. The maximum atomic E-state index is 12.7. The molecule has 1 N–H and O–H groups in total. The summed E-state index contributed by atoms with van der Waals surface area (Å²) in [4.78, 5) is 35.1. The van der Waals surface area contributed by atoms with Gasteiger partial charge in [-0.05, 0) is 12.1 Å². The largest absolute Gasteiger partial charge is 0.340 e. The number of carbonyl (C=O) groups excluding carboxylic acids is 2. The maximum Gasteiger partial charge on any atom is 0.243 e. The summed E-state index contributed by atoms with van der Waals surface area (Å²) in [6, 6.07) is 8.26. The average Bonchev–Trinajstić information content (AvgIpc) is 2.78. The van der Waals surface area contributed by atoms with Gasteiger partial charge in [-0.1, -0.05) is 39.0 Å². The van der Waals surface area contributed by atoms with Gasteiger partial charge in [0.05, 0.1) is 23.0 Å². The molecule has 1 aliphatic rings. The molecule has 10 heteroatoms. The Balaban J connectivity index is 1.45. The van der Waals surface area contributed by atoms with Crippen molar-refractivity contribution in [1.29, 1.82) is 0 Å². The Morgan fingerprint density at radius 1 is 0.969 bits per heavy atom. The van der Waals surface area contributed by atoms with Gasteiger partial charge in [-0.25, -0.2) is 18.4 Å². The highest BCUT2D eigenvalue weighted by Crippen LogP contribution is 2.19. The zero-order valence-electron chi connectivity index (χ0n) is 18.6. The number of carbonyl (C=O) groups is 2. The van der Waals surface area contributed by atoms with Crippen LogP contribution in [0.2, 0.25) is 0 Å². The second-order valence-electron chi connectivity index (χ2n) is 8.69. The Morgan fingerprint density at radius 2 is 1.56 bits per heavy atom. The van der Waals surface area contributed by atoms with E-state index in [-0.39, 0.29) is 48.1 Å². The molecule has 2 aromatic rings. The highest BCUT2D eigenvalue weighted by Gasteiger charge is 2.30. The molecule has 0 bridgehead atoms. The van der Waals surface area contributed by atoms with Gasteiger partial charge in [0.2, 0.25) is 21.8 Å². The van der Waals surface area contributed by atoms with Gasteiger partial charge in [0.1, 0.15) is 5.82 Å². The summed E-state index contributed by atoms with van der Waals surface area (Å²) < 4.78 is 26.8. The highest BCUT2D eigenvalue weighted by atomic mass is 32.2. The van der Waals surface area contributed by atoms with Crippen molar-refractivity contribution in [3.05, 3.63) is 48.5 Å². The fourth-order valence-electron chi connectivity index (χ4n) is 3.30. The quantitative estimate of drug-likeness (QED) is 0.707. The number of aromatic nitrogens is 2. The molecule has 0 atom stereocenters. The lowest BCUT2D eigenvalue weighted by Crippen LogP contribution is -2.50. The standard InChI is InChI=1S/C22H29N5O4S/c1-22(2,3)21-23-15-17(16-24-21)25-19(28)9-10-20(29)26-11-13-27(14-12-26)32(30,31)18-7-5-4-6-8-18/h4-8,15-16H,9-14H2,1-3H3,(H,25,28). The van der Waals surface area contributed by atoms with Crippen LogP contribution in [0.1, 0.15) is 39.4 Å². The highest BCUT2D eigenvalue weighted by molar-refractivity contribution is 7.89. The molecule has 3 rings (SSSR count). The van der Waals surface area contributed by atoms with E-state index in [2.05, 4.69) is 15.3 Å². The molecule has 0 saturated carbocycles. The Bertz CT molecular complexity index is 1040. The molecule has 1 saturated heterocycles. The second kappa shape index (κ2) is 9.74. The summed E-state index contributed by atoms with van der Waals surface area (Å²) in [5.74, 6) is 0.214. The Labute approximate surface area is 188 Å². The number of anilines is 1. The lowest BCUT2D eigenvalue weighted by molar-refractivity contribution is -0.133. The molecular weight excluding hydrogens is 430 g/mol. The molecule has 172 valence electrons. The second-order valence-corrected chi connectivity index (χ2v) is 10.6. The zero-order valence-corrected chi connectivity index (χ0v) is 19.4. The van der Waals surface area contributed by atoms with Gasteiger partial charge in [0.25, 0.3) is 0 Å². The molecule has 1 aromatic heterocycles. The smallest absolute Gasteiger partial charge is 0.243 e. The van der Waals surface area contributed by atoms with Crippen LogP contribution in [0.4, 0.5) is 5.69 Å². The number of benzene rings is 1. The summed E-state index contributed by atoms with van der Waals surface area (Å²) in [6.45, 7) is 7.07. The van der Waals surface area contributed by atoms with Gasteiger partial charge < -0.3 is 10.2 Å². The van der Waals surface area contributed by atoms with Crippen molar-refractivity contribution in [2.75, 3.05) is 31.5 Å². The average molecular weight is 460 g/mol. The van der Waals surface area contributed by atoms with Crippen LogP contribution in [-0.4, -0.2) is 65.6 Å². The lowest BCUT2D eigenvalue weighted by Gasteiger charge is -2.34. The summed E-state index contributed by atoms with van der Waals surface area (Å²) in [7, 11) is -3.56. The molecule has 2 heterocycles.